The van der Waals surface area contributed by atoms with Crippen molar-refractivity contribution in [3.8, 4) is 0 Å². The maximum absolute atomic E-state index is 11.1. The number of guanidine groups is 1. The summed E-state index contributed by atoms with van der Waals surface area (Å²) in [4.78, 5) is 19.0. The number of carbonyl (C=O) groups is 1. The van der Waals surface area contributed by atoms with Crippen LogP contribution in [-0.4, -0.2) is 29.9 Å². The molecule has 0 saturated carbocycles. The van der Waals surface area contributed by atoms with Crippen molar-refractivity contribution in [1.29, 1.82) is 0 Å². The van der Waals surface area contributed by atoms with E-state index in [1.165, 1.54) is 10.9 Å². The molecule has 2 aromatic carbocycles. The number of carbonyl (C=O) groups excluding carboxylic acids is 1. The summed E-state index contributed by atoms with van der Waals surface area (Å²) in [6.45, 7) is 4.15. The van der Waals surface area contributed by atoms with Gasteiger partial charge in [0.05, 0.1) is 6.54 Å². The first kappa shape index (κ1) is 18.5. The Hall–Kier alpha value is -3.28. The summed E-state index contributed by atoms with van der Waals surface area (Å²) in [7, 11) is 0. The number of nitrogens with two attached hydrogens (primary N) is 1. The van der Waals surface area contributed by atoms with Crippen LogP contribution < -0.4 is 16.4 Å². The van der Waals surface area contributed by atoms with Gasteiger partial charge in [0.2, 0.25) is 5.91 Å². The van der Waals surface area contributed by atoms with E-state index in [0.717, 1.165) is 36.6 Å². The molecule has 0 aliphatic carbocycles. The fourth-order valence-electron chi connectivity index (χ4n) is 2.94. The Labute approximate surface area is 158 Å². The lowest BCUT2D eigenvalue weighted by atomic mass is 10.1. The molecule has 0 fully saturated rings. The van der Waals surface area contributed by atoms with Crippen LogP contribution in [-0.2, 0) is 13.0 Å². The van der Waals surface area contributed by atoms with Gasteiger partial charge in [-0.2, -0.15) is 0 Å². The Kier molecular flexibility index (Phi) is 6.10. The van der Waals surface area contributed by atoms with Crippen molar-refractivity contribution in [2.45, 2.75) is 19.9 Å². The van der Waals surface area contributed by atoms with Gasteiger partial charge < -0.3 is 21.4 Å². The van der Waals surface area contributed by atoms with Crippen LogP contribution in [0.2, 0.25) is 0 Å². The monoisotopic (exact) mass is 363 g/mol. The predicted octanol–water partition coefficient (Wildman–Crippen LogP) is 2.56. The number of amides is 1. The van der Waals surface area contributed by atoms with E-state index < -0.39 is 5.91 Å². The molecule has 1 amide bonds. The molecular weight excluding hydrogens is 338 g/mol. The smallest absolute Gasteiger partial charge is 0.248 e. The van der Waals surface area contributed by atoms with E-state index in [1.54, 1.807) is 12.1 Å². The fraction of sp³-hybridized carbons (Fsp3) is 0.238. The highest BCUT2D eigenvalue weighted by Gasteiger charge is 2.04. The summed E-state index contributed by atoms with van der Waals surface area (Å²) in [6, 6.07) is 15.5. The first-order chi connectivity index (χ1) is 13.2. The predicted molar refractivity (Wildman–Crippen MR) is 110 cm³/mol. The minimum Gasteiger partial charge on any atom is -0.366 e. The number of hydrogen-bond acceptors (Lipinski definition) is 2. The summed E-state index contributed by atoms with van der Waals surface area (Å²) >= 11 is 0. The molecule has 0 aliphatic rings. The van der Waals surface area contributed by atoms with Crippen LogP contribution in [0.5, 0.6) is 0 Å². The fourth-order valence-corrected chi connectivity index (χ4v) is 2.94. The number of rotatable bonds is 7. The number of aliphatic imine (C=N–C) groups is 1. The highest BCUT2D eigenvalue weighted by atomic mass is 16.1. The molecule has 6 heteroatoms. The van der Waals surface area contributed by atoms with E-state index in [9.17, 15) is 4.79 Å². The molecule has 3 rings (SSSR count). The van der Waals surface area contributed by atoms with Gasteiger partial charge in [-0.15, -0.1) is 0 Å². The zero-order valence-electron chi connectivity index (χ0n) is 15.5. The molecule has 1 aromatic heterocycles. The highest BCUT2D eigenvalue weighted by molar-refractivity contribution is 5.92. The van der Waals surface area contributed by atoms with Crippen molar-refractivity contribution >= 4 is 22.8 Å². The summed E-state index contributed by atoms with van der Waals surface area (Å²) < 4.78 is 0. The Bertz CT molecular complexity index is 927. The number of para-hydroxylation sites is 1. The van der Waals surface area contributed by atoms with Gasteiger partial charge in [-0.1, -0.05) is 30.3 Å². The molecule has 140 valence electrons. The van der Waals surface area contributed by atoms with Crippen molar-refractivity contribution in [3.05, 3.63) is 71.4 Å². The first-order valence-electron chi connectivity index (χ1n) is 9.13. The third-order valence-electron chi connectivity index (χ3n) is 4.36. The van der Waals surface area contributed by atoms with Crippen molar-refractivity contribution in [2.24, 2.45) is 10.7 Å². The number of benzene rings is 2. The summed E-state index contributed by atoms with van der Waals surface area (Å²) in [6.07, 6.45) is 2.97. The molecule has 27 heavy (non-hydrogen) atoms. The summed E-state index contributed by atoms with van der Waals surface area (Å²) in [5.74, 6) is 0.355. The number of nitrogens with zero attached hydrogens (tertiary/aromatic N) is 1. The standard InChI is InChI=1S/C21H25N5O/c1-2-23-21(26-13-15-7-9-16(10-8-15)20(22)27)24-12-11-17-14-25-19-6-4-3-5-18(17)19/h3-10,14,25H,2,11-13H2,1H3,(H2,22,27)(H2,23,24,26). The molecule has 0 unspecified atom stereocenters. The van der Waals surface area contributed by atoms with Crippen molar-refractivity contribution in [3.63, 3.8) is 0 Å². The third-order valence-corrected chi connectivity index (χ3v) is 4.36. The molecule has 0 radical (unpaired) electrons. The Morgan fingerprint density at radius 3 is 2.63 bits per heavy atom. The summed E-state index contributed by atoms with van der Waals surface area (Å²) in [5.41, 5.74) is 9.24. The van der Waals surface area contributed by atoms with Crippen LogP contribution >= 0.6 is 0 Å². The van der Waals surface area contributed by atoms with Crippen molar-refractivity contribution in [2.75, 3.05) is 13.1 Å². The molecule has 0 aliphatic heterocycles. The minimum absolute atomic E-state index is 0.419. The van der Waals surface area contributed by atoms with E-state index in [4.69, 9.17) is 5.73 Å². The number of nitrogens with one attached hydrogen (secondary N) is 3. The number of aromatic nitrogens is 1. The van der Waals surface area contributed by atoms with Gasteiger partial charge >= 0.3 is 0 Å². The van der Waals surface area contributed by atoms with E-state index in [1.807, 2.05) is 25.1 Å². The second-order valence-corrected chi connectivity index (χ2v) is 6.29. The van der Waals surface area contributed by atoms with Gasteiger partial charge in [0.25, 0.3) is 0 Å². The SMILES string of the molecule is CCNC(=NCc1ccc(C(N)=O)cc1)NCCc1c[nH]c2ccccc12. The van der Waals surface area contributed by atoms with E-state index in [2.05, 4.69) is 45.0 Å². The molecule has 5 N–H and O–H groups in total. The molecule has 0 atom stereocenters. The maximum Gasteiger partial charge on any atom is 0.248 e. The largest absolute Gasteiger partial charge is 0.366 e. The van der Waals surface area contributed by atoms with Gasteiger partial charge in [-0.05, 0) is 42.7 Å². The van der Waals surface area contributed by atoms with Crippen LogP contribution in [0.1, 0.15) is 28.4 Å². The molecular formula is C21H25N5O. The third kappa shape index (κ3) is 4.88. The number of primary amides is 1. The number of H-pyrrole nitrogens is 1. The normalized spacial score (nSPS) is 11.5. The average Bonchev–Trinajstić information content (AvgIpc) is 3.09. The second kappa shape index (κ2) is 8.89. The Morgan fingerprint density at radius 1 is 1.11 bits per heavy atom. The lowest BCUT2D eigenvalue weighted by Gasteiger charge is -2.11. The van der Waals surface area contributed by atoms with Crippen LogP contribution in [0.25, 0.3) is 10.9 Å². The minimum atomic E-state index is -0.419. The number of fused-ring (bicyclic) bond motifs is 1. The molecule has 3 aromatic rings. The van der Waals surface area contributed by atoms with Gasteiger partial charge in [-0.3, -0.25) is 4.79 Å². The van der Waals surface area contributed by atoms with Gasteiger partial charge in [0.1, 0.15) is 0 Å². The zero-order valence-corrected chi connectivity index (χ0v) is 15.5. The van der Waals surface area contributed by atoms with E-state index >= 15 is 0 Å². The first-order valence-corrected chi connectivity index (χ1v) is 9.13. The number of aromatic amines is 1. The molecule has 0 spiro atoms. The number of hydrogen-bond donors (Lipinski definition) is 4. The summed E-state index contributed by atoms with van der Waals surface area (Å²) in [5, 5.41) is 7.89. The van der Waals surface area contributed by atoms with Crippen molar-refractivity contribution in [1.82, 2.24) is 15.6 Å². The highest BCUT2D eigenvalue weighted by Crippen LogP contribution is 2.17. The van der Waals surface area contributed by atoms with Gasteiger partial charge in [-0.25, -0.2) is 4.99 Å². The quantitative estimate of drug-likeness (QED) is 0.384. The van der Waals surface area contributed by atoms with Crippen LogP contribution in [0.4, 0.5) is 0 Å². The van der Waals surface area contributed by atoms with Gasteiger partial charge in [0, 0.05) is 35.8 Å². The van der Waals surface area contributed by atoms with Crippen molar-refractivity contribution < 1.29 is 4.79 Å². The average molecular weight is 363 g/mol. The molecule has 0 saturated heterocycles. The topological polar surface area (TPSA) is 95.3 Å². The Balaban J connectivity index is 1.58. The zero-order chi connectivity index (χ0) is 19.1. The van der Waals surface area contributed by atoms with Crippen LogP contribution in [0.15, 0.2) is 59.7 Å². The Morgan fingerprint density at radius 2 is 1.89 bits per heavy atom. The lowest BCUT2D eigenvalue weighted by molar-refractivity contribution is 0.100. The lowest BCUT2D eigenvalue weighted by Crippen LogP contribution is -2.38. The molecule has 6 nitrogen and oxygen atoms in total. The van der Waals surface area contributed by atoms with E-state index in [0.29, 0.717) is 12.1 Å². The van der Waals surface area contributed by atoms with Gasteiger partial charge in [0.15, 0.2) is 5.96 Å². The molecule has 0 bridgehead atoms. The maximum atomic E-state index is 11.1. The van der Waals surface area contributed by atoms with E-state index in [-0.39, 0.29) is 0 Å². The molecule has 1 heterocycles. The van der Waals surface area contributed by atoms with Crippen LogP contribution in [0.3, 0.4) is 0 Å². The van der Waals surface area contributed by atoms with Crippen LogP contribution in [0, 0.1) is 0 Å². The second-order valence-electron chi connectivity index (χ2n) is 6.29.